The molecule has 1 amide bonds. The predicted molar refractivity (Wildman–Crippen MR) is 114 cm³/mol. The molecule has 2 aromatic rings. The number of esters is 1. The van der Waals surface area contributed by atoms with Gasteiger partial charge in [0.1, 0.15) is 5.82 Å². The van der Waals surface area contributed by atoms with Crippen molar-refractivity contribution < 1.29 is 18.7 Å². The van der Waals surface area contributed by atoms with Crippen molar-refractivity contribution >= 4 is 35.0 Å². The van der Waals surface area contributed by atoms with E-state index in [9.17, 15) is 14.0 Å². The number of rotatable bonds is 8. The van der Waals surface area contributed by atoms with Crippen LogP contribution in [0, 0.1) is 12.7 Å². The lowest BCUT2D eigenvalue weighted by molar-refractivity contribution is -0.146. The number of carbonyl (C=O) groups excluding carboxylic acids is 2. The average Bonchev–Trinajstić information content (AvgIpc) is 3.24. The number of halogens is 1. The molecule has 1 aliphatic heterocycles. The van der Waals surface area contributed by atoms with E-state index in [1.807, 2.05) is 19.1 Å². The van der Waals surface area contributed by atoms with Gasteiger partial charge in [-0.05, 0) is 67.8 Å². The molecule has 154 valence electrons. The summed E-state index contributed by atoms with van der Waals surface area (Å²) in [5, 5.41) is 2.80. The van der Waals surface area contributed by atoms with Gasteiger partial charge in [0.15, 0.2) is 6.61 Å². The van der Waals surface area contributed by atoms with Gasteiger partial charge < -0.3 is 15.0 Å². The SMILES string of the molecule is Cc1cc(N2CCCC2)ccc1NC(=O)COC(=O)CCSc1ccc(F)cc1. The topological polar surface area (TPSA) is 58.6 Å². The molecule has 1 N–H and O–H groups in total. The molecule has 29 heavy (non-hydrogen) atoms. The maximum absolute atomic E-state index is 12.9. The molecule has 3 rings (SSSR count). The molecule has 2 aromatic carbocycles. The Balaban J connectivity index is 1.38. The Labute approximate surface area is 174 Å². The highest BCUT2D eigenvalue weighted by molar-refractivity contribution is 7.99. The summed E-state index contributed by atoms with van der Waals surface area (Å²) in [5.41, 5.74) is 2.87. The molecular weight excluding hydrogens is 391 g/mol. The highest BCUT2D eigenvalue weighted by atomic mass is 32.2. The van der Waals surface area contributed by atoms with Crippen molar-refractivity contribution in [2.24, 2.45) is 0 Å². The lowest BCUT2D eigenvalue weighted by Crippen LogP contribution is -2.22. The van der Waals surface area contributed by atoms with E-state index in [1.165, 1.54) is 42.4 Å². The zero-order valence-electron chi connectivity index (χ0n) is 16.4. The second kappa shape index (κ2) is 10.3. The lowest BCUT2D eigenvalue weighted by Gasteiger charge is -2.19. The summed E-state index contributed by atoms with van der Waals surface area (Å²) in [7, 11) is 0. The van der Waals surface area contributed by atoms with Crippen LogP contribution in [0.5, 0.6) is 0 Å². The highest BCUT2D eigenvalue weighted by Gasteiger charge is 2.14. The highest BCUT2D eigenvalue weighted by Crippen LogP contribution is 2.25. The Kier molecular flexibility index (Phi) is 7.52. The summed E-state index contributed by atoms with van der Waals surface area (Å²) in [6.45, 7) is 3.78. The van der Waals surface area contributed by atoms with E-state index in [1.54, 1.807) is 12.1 Å². The largest absolute Gasteiger partial charge is 0.456 e. The number of aryl methyl sites for hydroxylation is 1. The van der Waals surface area contributed by atoms with Crippen LogP contribution in [0.4, 0.5) is 15.8 Å². The summed E-state index contributed by atoms with van der Waals surface area (Å²) in [6, 6.07) is 12.1. The van der Waals surface area contributed by atoms with Gasteiger partial charge in [-0.2, -0.15) is 0 Å². The van der Waals surface area contributed by atoms with E-state index in [4.69, 9.17) is 4.74 Å². The van der Waals surface area contributed by atoms with Gasteiger partial charge in [0.2, 0.25) is 0 Å². The predicted octanol–water partition coefficient (Wildman–Crippen LogP) is 4.40. The first kappa shape index (κ1) is 21.2. The molecule has 0 bridgehead atoms. The van der Waals surface area contributed by atoms with Crippen LogP contribution < -0.4 is 10.2 Å². The summed E-state index contributed by atoms with van der Waals surface area (Å²) >= 11 is 1.44. The summed E-state index contributed by atoms with van der Waals surface area (Å²) in [6.07, 6.45) is 2.61. The minimum Gasteiger partial charge on any atom is -0.456 e. The molecule has 0 unspecified atom stereocenters. The number of nitrogens with zero attached hydrogens (tertiary/aromatic N) is 1. The van der Waals surface area contributed by atoms with E-state index >= 15 is 0 Å². The molecule has 1 saturated heterocycles. The molecular formula is C22H25FN2O3S. The standard InChI is InChI=1S/C22H25FN2O3S/c1-16-14-18(25-11-2-3-12-25)6-9-20(16)24-21(26)15-28-22(27)10-13-29-19-7-4-17(23)5-8-19/h4-9,14H,2-3,10-13,15H2,1H3,(H,24,26). The van der Waals surface area contributed by atoms with Crippen molar-refractivity contribution in [3.05, 3.63) is 53.8 Å². The average molecular weight is 417 g/mol. The van der Waals surface area contributed by atoms with Crippen LogP contribution in [-0.2, 0) is 14.3 Å². The number of benzene rings is 2. The van der Waals surface area contributed by atoms with Gasteiger partial charge >= 0.3 is 5.97 Å². The van der Waals surface area contributed by atoms with Crippen LogP contribution >= 0.6 is 11.8 Å². The monoisotopic (exact) mass is 416 g/mol. The second-order valence-electron chi connectivity index (χ2n) is 6.95. The molecule has 0 aromatic heterocycles. The number of carbonyl (C=O) groups is 2. The maximum atomic E-state index is 12.9. The summed E-state index contributed by atoms with van der Waals surface area (Å²) in [4.78, 5) is 27.1. The van der Waals surface area contributed by atoms with Crippen molar-refractivity contribution in [2.45, 2.75) is 31.1 Å². The molecule has 1 fully saturated rings. The fraction of sp³-hybridized carbons (Fsp3) is 0.364. The Morgan fingerprint density at radius 2 is 1.86 bits per heavy atom. The number of thioether (sulfide) groups is 1. The van der Waals surface area contributed by atoms with E-state index in [-0.39, 0.29) is 24.8 Å². The van der Waals surface area contributed by atoms with E-state index in [2.05, 4.69) is 16.3 Å². The molecule has 0 saturated carbocycles. The quantitative estimate of drug-likeness (QED) is 0.511. The smallest absolute Gasteiger partial charge is 0.307 e. The van der Waals surface area contributed by atoms with E-state index in [0.717, 1.165) is 29.2 Å². The van der Waals surface area contributed by atoms with Gasteiger partial charge in [-0.1, -0.05) is 0 Å². The van der Waals surface area contributed by atoms with Gasteiger partial charge in [0.25, 0.3) is 5.91 Å². The third-order valence-corrected chi connectivity index (χ3v) is 5.72. The molecule has 7 heteroatoms. The maximum Gasteiger partial charge on any atom is 0.307 e. The van der Waals surface area contributed by atoms with Crippen molar-refractivity contribution in [2.75, 3.05) is 35.7 Å². The van der Waals surface area contributed by atoms with Gasteiger partial charge in [0.05, 0.1) is 6.42 Å². The second-order valence-corrected chi connectivity index (χ2v) is 8.12. The van der Waals surface area contributed by atoms with Gasteiger partial charge in [-0.25, -0.2) is 4.39 Å². The van der Waals surface area contributed by atoms with Crippen molar-refractivity contribution in [3.63, 3.8) is 0 Å². The van der Waals surface area contributed by atoms with Crippen molar-refractivity contribution in [3.8, 4) is 0 Å². The number of ether oxygens (including phenoxy) is 1. The van der Waals surface area contributed by atoms with Gasteiger partial charge in [-0.15, -0.1) is 11.8 Å². The fourth-order valence-corrected chi connectivity index (χ4v) is 3.98. The number of amides is 1. The number of hydrogen-bond acceptors (Lipinski definition) is 5. The Morgan fingerprint density at radius 1 is 1.14 bits per heavy atom. The minimum absolute atomic E-state index is 0.179. The molecule has 0 spiro atoms. The van der Waals surface area contributed by atoms with Crippen LogP contribution in [0.2, 0.25) is 0 Å². The minimum atomic E-state index is -0.434. The zero-order valence-corrected chi connectivity index (χ0v) is 17.3. The number of hydrogen-bond donors (Lipinski definition) is 1. The van der Waals surface area contributed by atoms with Crippen molar-refractivity contribution in [1.29, 1.82) is 0 Å². The number of nitrogens with one attached hydrogen (secondary N) is 1. The lowest BCUT2D eigenvalue weighted by atomic mass is 10.1. The molecule has 0 atom stereocenters. The van der Waals surface area contributed by atoms with Crippen LogP contribution in [0.25, 0.3) is 0 Å². The first-order chi connectivity index (χ1) is 14.0. The Morgan fingerprint density at radius 3 is 2.55 bits per heavy atom. The van der Waals surface area contributed by atoms with Crippen LogP contribution in [0.3, 0.4) is 0 Å². The van der Waals surface area contributed by atoms with Crippen molar-refractivity contribution in [1.82, 2.24) is 0 Å². The fourth-order valence-electron chi connectivity index (χ4n) is 3.15. The molecule has 0 aliphatic carbocycles. The first-order valence-corrected chi connectivity index (χ1v) is 10.7. The zero-order chi connectivity index (χ0) is 20.6. The molecule has 1 heterocycles. The molecule has 0 radical (unpaired) electrons. The first-order valence-electron chi connectivity index (χ1n) is 9.71. The molecule has 1 aliphatic rings. The third kappa shape index (κ3) is 6.49. The Hall–Kier alpha value is -2.54. The van der Waals surface area contributed by atoms with Crippen LogP contribution in [0.15, 0.2) is 47.4 Å². The van der Waals surface area contributed by atoms with Crippen LogP contribution in [-0.4, -0.2) is 37.3 Å². The normalized spacial score (nSPS) is 13.4. The van der Waals surface area contributed by atoms with Gasteiger partial charge in [0, 0.05) is 35.1 Å². The van der Waals surface area contributed by atoms with Crippen LogP contribution in [0.1, 0.15) is 24.8 Å². The Bertz CT molecular complexity index is 852. The third-order valence-electron chi connectivity index (χ3n) is 4.71. The summed E-state index contributed by atoms with van der Waals surface area (Å²) < 4.78 is 17.9. The van der Waals surface area contributed by atoms with E-state index in [0.29, 0.717) is 5.75 Å². The van der Waals surface area contributed by atoms with E-state index < -0.39 is 5.97 Å². The molecule has 5 nitrogen and oxygen atoms in total. The van der Waals surface area contributed by atoms with Gasteiger partial charge in [-0.3, -0.25) is 9.59 Å². The number of anilines is 2. The summed E-state index contributed by atoms with van der Waals surface area (Å²) in [5.74, 6) is -0.582.